The number of nitrogens with one attached hydrogen (secondary N) is 2. The highest BCUT2D eigenvalue weighted by atomic mass is 35.5. The maximum Gasteiger partial charge on any atom is 0.239 e. The molecule has 0 aromatic carbocycles. The van der Waals surface area contributed by atoms with E-state index in [-0.39, 0.29) is 30.8 Å². The molecule has 5 nitrogen and oxygen atoms in total. The molecule has 0 aromatic rings. The average Bonchev–Trinajstić information content (AvgIpc) is 2.46. The van der Waals surface area contributed by atoms with Gasteiger partial charge in [-0.15, -0.1) is 12.4 Å². The van der Waals surface area contributed by atoms with Gasteiger partial charge in [0.1, 0.15) is 0 Å². The average molecular weight is 316 g/mol. The summed E-state index contributed by atoms with van der Waals surface area (Å²) in [6.07, 6.45) is 7.96. The third-order valence-electron chi connectivity index (χ3n) is 3.93. The third-order valence-corrected chi connectivity index (χ3v) is 3.93. The highest BCUT2D eigenvalue weighted by Gasteiger charge is 2.18. The molecule has 0 atom stereocenters. The number of halogens is 1. The predicted octanol–water partition coefficient (Wildman–Crippen LogP) is 1.24. The summed E-state index contributed by atoms with van der Waals surface area (Å²) >= 11 is 0. The molecule has 0 aliphatic carbocycles. The van der Waals surface area contributed by atoms with E-state index in [1.165, 1.54) is 5.57 Å². The monoisotopic (exact) mass is 315 g/mol. The maximum absolute atomic E-state index is 11.9. The van der Waals surface area contributed by atoms with Crippen LogP contribution in [0.25, 0.3) is 0 Å². The van der Waals surface area contributed by atoms with Crippen LogP contribution >= 0.6 is 12.4 Å². The minimum Gasteiger partial charge on any atom is -0.351 e. The van der Waals surface area contributed by atoms with E-state index < -0.39 is 0 Å². The molecule has 2 aliphatic rings. The van der Waals surface area contributed by atoms with E-state index in [2.05, 4.69) is 16.7 Å². The van der Waals surface area contributed by atoms with Gasteiger partial charge in [0.2, 0.25) is 11.8 Å². The van der Waals surface area contributed by atoms with E-state index >= 15 is 0 Å². The third kappa shape index (κ3) is 6.48. The van der Waals surface area contributed by atoms with Gasteiger partial charge < -0.3 is 15.5 Å². The lowest BCUT2D eigenvalue weighted by Crippen LogP contribution is -2.42. The first-order valence-electron chi connectivity index (χ1n) is 7.69. The van der Waals surface area contributed by atoms with E-state index in [0.29, 0.717) is 13.0 Å². The van der Waals surface area contributed by atoms with Gasteiger partial charge in [-0.3, -0.25) is 9.59 Å². The zero-order valence-corrected chi connectivity index (χ0v) is 13.3. The zero-order chi connectivity index (χ0) is 14.2. The number of amides is 2. The quantitative estimate of drug-likeness (QED) is 0.767. The number of hydrogen-bond acceptors (Lipinski definition) is 3. The predicted molar refractivity (Wildman–Crippen MR) is 85.5 cm³/mol. The van der Waals surface area contributed by atoms with E-state index in [4.69, 9.17) is 0 Å². The molecular weight excluding hydrogens is 290 g/mol. The molecule has 0 unspecified atom stereocenters. The second-order valence-electron chi connectivity index (χ2n) is 5.57. The smallest absolute Gasteiger partial charge is 0.239 e. The molecule has 120 valence electrons. The Morgan fingerprint density at radius 2 is 2.05 bits per heavy atom. The molecule has 0 aromatic heterocycles. The van der Waals surface area contributed by atoms with Crippen LogP contribution in [0.15, 0.2) is 11.6 Å². The second-order valence-corrected chi connectivity index (χ2v) is 5.57. The molecule has 2 rings (SSSR count). The standard InChI is InChI=1S/C15H25N3O2.ClH/c19-14(17-11-13-6-8-16-9-7-13)12-18-10-4-2-1-3-5-15(18)20;/h6,16H,1-5,7-12H2,(H,17,19);1H. The molecule has 1 saturated heterocycles. The van der Waals surface area contributed by atoms with Gasteiger partial charge in [0.15, 0.2) is 0 Å². The van der Waals surface area contributed by atoms with Crippen molar-refractivity contribution in [2.24, 2.45) is 0 Å². The molecule has 2 heterocycles. The Hall–Kier alpha value is -1.07. The number of likely N-dealkylation sites (tertiary alicyclic amines) is 1. The number of carbonyl (C=O) groups excluding carboxylic acids is 2. The van der Waals surface area contributed by atoms with Crippen molar-refractivity contribution in [3.8, 4) is 0 Å². The summed E-state index contributed by atoms with van der Waals surface area (Å²) < 4.78 is 0. The molecular formula is C15H26ClN3O2. The summed E-state index contributed by atoms with van der Waals surface area (Å²) in [6.45, 7) is 3.41. The lowest BCUT2D eigenvalue weighted by atomic mass is 10.1. The molecule has 0 saturated carbocycles. The molecule has 21 heavy (non-hydrogen) atoms. The van der Waals surface area contributed by atoms with Crippen LogP contribution in [-0.4, -0.2) is 49.4 Å². The van der Waals surface area contributed by atoms with Crippen molar-refractivity contribution in [1.82, 2.24) is 15.5 Å². The van der Waals surface area contributed by atoms with Gasteiger partial charge in [0, 0.05) is 26.1 Å². The summed E-state index contributed by atoms with van der Waals surface area (Å²) in [7, 11) is 0. The lowest BCUT2D eigenvalue weighted by molar-refractivity contribution is -0.136. The highest BCUT2D eigenvalue weighted by Crippen LogP contribution is 2.11. The Kier molecular flexibility index (Phi) is 8.38. The van der Waals surface area contributed by atoms with Crippen LogP contribution in [0, 0.1) is 0 Å². The van der Waals surface area contributed by atoms with Gasteiger partial charge in [-0.2, -0.15) is 0 Å². The van der Waals surface area contributed by atoms with E-state index in [1.807, 2.05) is 0 Å². The number of rotatable bonds is 4. The van der Waals surface area contributed by atoms with Gasteiger partial charge >= 0.3 is 0 Å². The Bertz CT molecular complexity index is 385. The molecule has 0 spiro atoms. The van der Waals surface area contributed by atoms with Crippen molar-refractivity contribution in [3.05, 3.63) is 11.6 Å². The topological polar surface area (TPSA) is 61.4 Å². The fourth-order valence-corrected chi connectivity index (χ4v) is 2.65. The number of nitrogens with zero attached hydrogens (tertiary/aromatic N) is 1. The number of hydrogen-bond donors (Lipinski definition) is 2. The van der Waals surface area contributed by atoms with Gasteiger partial charge in [-0.25, -0.2) is 0 Å². The summed E-state index contributed by atoms with van der Waals surface area (Å²) in [6, 6.07) is 0. The maximum atomic E-state index is 11.9. The second kappa shape index (κ2) is 9.79. The minimum absolute atomic E-state index is 0. The Morgan fingerprint density at radius 1 is 1.24 bits per heavy atom. The van der Waals surface area contributed by atoms with Crippen LogP contribution in [0.1, 0.15) is 38.5 Å². The van der Waals surface area contributed by atoms with Crippen molar-refractivity contribution in [2.45, 2.75) is 38.5 Å². The van der Waals surface area contributed by atoms with Gasteiger partial charge in [-0.05, 0) is 25.8 Å². The first kappa shape index (κ1) is 18.0. The summed E-state index contributed by atoms with van der Waals surface area (Å²) in [5.41, 5.74) is 1.27. The number of carbonyl (C=O) groups is 2. The molecule has 1 fully saturated rings. The van der Waals surface area contributed by atoms with Crippen LogP contribution in [-0.2, 0) is 9.59 Å². The zero-order valence-electron chi connectivity index (χ0n) is 12.5. The van der Waals surface area contributed by atoms with Crippen LogP contribution in [0.3, 0.4) is 0 Å². The normalized spacial score (nSPS) is 19.9. The molecule has 2 amide bonds. The van der Waals surface area contributed by atoms with Crippen molar-refractivity contribution in [2.75, 3.05) is 32.7 Å². The van der Waals surface area contributed by atoms with Gasteiger partial charge in [-0.1, -0.05) is 24.5 Å². The molecule has 2 N–H and O–H groups in total. The van der Waals surface area contributed by atoms with E-state index in [1.54, 1.807) is 4.90 Å². The summed E-state index contributed by atoms with van der Waals surface area (Å²) in [4.78, 5) is 25.6. The highest BCUT2D eigenvalue weighted by molar-refractivity contribution is 5.85. The fourth-order valence-electron chi connectivity index (χ4n) is 2.65. The van der Waals surface area contributed by atoms with Gasteiger partial charge in [0.05, 0.1) is 6.54 Å². The van der Waals surface area contributed by atoms with Crippen LogP contribution in [0.2, 0.25) is 0 Å². The van der Waals surface area contributed by atoms with E-state index in [0.717, 1.165) is 51.7 Å². The lowest BCUT2D eigenvalue weighted by Gasteiger charge is -2.24. The van der Waals surface area contributed by atoms with E-state index in [9.17, 15) is 9.59 Å². The Labute approximate surface area is 132 Å². The SMILES string of the molecule is Cl.O=C(CN1CCCCCCC1=O)NCC1=CCNCC1. The van der Waals surface area contributed by atoms with Crippen LogP contribution in [0.4, 0.5) is 0 Å². The first-order valence-corrected chi connectivity index (χ1v) is 7.69. The molecule has 0 radical (unpaired) electrons. The fraction of sp³-hybridized carbons (Fsp3) is 0.733. The summed E-state index contributed by atoms with van der Waals surface area (Å²) in [5, 5.41) is 6.17. The van der Waals surface area contributed by atoms with Gasteiger partial charge in [0.25, 0.3) is 0 Å². The van der Waals surface area contributed by atoms with Crippen molar-refractivity contribution < 1.29 is 9.59 Å². The molecule has 0 bridgehead atoms. The Balaban J connectivity index is 0.00000220. The largest absolute Gasteiger partial charge is 0.351 e. The van der Waals surface area contributed by atoms with Crippen molar-refractivity contribution in [3.63, 3.8) is 0 Å². The van der Waals surface area contributed by atoms with Crippen molar-refractivity contribution in [1.29, 1.82) is 0 Å². The minimum atomic E-state index is -0.0432. The first-order chi connectivity index (χ1) is 9.75. The summed E-state index contributed by atoms with van der Waals surface area (Å²) in [5.74, 6) is 0.0827. The Morgan fingerprint density at radius 3 is 2.81 bits per heavy atom. The van der Waals surface area contributed by atoms with Crippen LogP contribution in [0.5, 0.6) is 0 Å². The van der Waals surface area contributed by atoms with Crippen LogP contribution < -0.4 is 10.6 Å². The molecule has 6 heteroatoms. The molecule has 2 aliphatic heterocycles. The van der Waals surface area contributed by atoms with Crippen molar-refractivity contribution >= 4 is 24.2 Å².